The topological polar surface area (TPSA) is 55.8 Å². The van der Waals surface area contributed by atoms with Crippen molar-refractivity contribution in [2.24, 2.45) is 0 Å². The fraction of sp³-hybridized carbons (Fsp3) is 0.333. The predicted octanol–water partition coefficient (Wildman–Crippen LogP) is 4.06. The molecule has 0 radical (unpaired) electrons. The summed E-state index contributed by atoms with van der Waals surface area (Å²) in [5, 5.41) is 0. The van der Waals surface area contributed by atoms with Gasteiger partial charge in [-0.15, -0.1) is 0 Å². The normalized spacial score (nSPS) is 11.2. The fourth-order valence-electron chi connectivity index (χ4n) is 2.72. The predicted molar refractivity (Wildman–Crippen MR) is 100.0 cm³/mol. The van der Waals surface area contributed by atoms with Gasteiger partial charge in [-0.1, -0.05) is 24.3 Å². The fourth-order valence-corrected chi connectivity index (χ4v) is 2.72. The number of alkyl halides is 3. The summed E-state index contributed by atoms with van der Waals surface area (Å²) in [7, 11) is 1.53. The summed E-state index contributed by atoms with van der Waals surface area (Å²) in [4.78, 5) is 26.2. The summed E-state index contributed by atoms with van der Waals surface area (Å²) in [6.07, 6.45) is -4.44. The lowest BCUT2D eigenvalue weighted by molar-refractivity contribution is -0.144. The molecule has 2 rings (SSSR count). The number of nitrogens with zero attached hydrogens (tertiary/aromatic N) is 1. The van der Waals surface area contributed by atoms with Gasteiger partial charge in [0, 0.05) is 19.2 Å². The molecule has 5 nitrogen and oxygen atoms in total. The molecule has 0 spiro atoms. The van der Waals surface area contributed by atoms with Gasteiger partial charge in [0.1, 0.15) is 6.54 Å². The quantitative estimate of drug-likeness (QED) is 0.617. The van der Waals surface area contributed by atoms with E-state index in [1.165, 1.54) is 24.1 Å². The molecular weight excluding hydrogens is 387 g/mol. The second-order valence-corrected chi connectivity index (χ2v) is 6.29. The van der Waals surface area contributed by atoms with Crippen LogP contribution in [-0.2, 0) is 33.6 Å². The van der Waals surface area contributed by atoms with E-state index in [9.17, 15) is 22.8 Å². The first-order valence-electron chi connectivity index (χ1n) is 8.93. The van der Waals surface area contributed by atoms with Gasteiger partial charge in [-0.25, -0.2) is 0 Å². The molecule has 0 aromatic heterocycles. The number of benzene rings is 2. The maximum Gasteiger partial charge on any atom is 0.416 e. The Morgan fingerprint density at radius 2 is 1.72 bits per heavy atom. The summed E-state index contributed by atoms with van der Waals surface area (Å²) in [6, 6.07) is 11.2. The minimum atomic E-state index is -4.44. The SMILES string of the molecule is CCOC(=O)CN(Cc1ccc(C(F)(F)F)cc1)C(=O)c1cccc(COC)c1. The van der Waals surface area contributed by atoms with Crippen molar-refractivity contribution in [1.29, 1.82) is 0 Å². The second kappa shape index (κ2) is 10.1. The number of halogens is 3. The molecule has 0 aliphatic rings. The van der Waals surface area contributed by atoms with Crippen molar-refractivity contribution in [3.05, 3.63) is 70.8 Å². The average Bonchev–Trinajstić information content (AvgIpc) is 2.67. The van der Waals surface area contributed by atoms with Crippen LogP contribution >= 0.6 is 0 Å². The Kier molecular flexibility index (Phi) is 7.78. The van der Waals surface area contributed by atoms with Crippen molar-refractivity contribution < 1.29 is 32.2 Å². The van der Waals surface area contributed by atoms with E-state index in [-0.39, 0.29) is 19.7 Å². The molecule has 8 heteroatoms. The maximum atomic E-state index is 13.0. The molecule has 0 saturated carbocycles. The van der Waals surface area contributed by atoms with Gasteiger partial charge in [-0.05, 0) is 42.3 Å². The Bertz CT molecular complexity index is 835. The number of ether oxygens (including phenoxy) is 2. The summed E-state index contributed by atoms with van der Waals surface area (Å²) >= 11 is 0. The molecule has 0 aliphatic carbocycles. The average molecular weight is 409 g/mol. The summed E-state index contributed by atoms with van der Waals surface area (Å²) in [5.74, 6) is -1.03. The molecule has 0 saturated heterocycles. The Morgan fingerprint density at radius 1 is 1.03 bits per heavy atom. The zero-order valence-electron chi connectivity index (χ0n) is 16.2. The van der Waals surface area contributed by atoms with Gasteiger partial charge in [-0.2, -0.15) is 13.2 Å². The van der Waals surface area contributed by atoms with E-state index in [1.54, 1.807) is 31.2 Å². The number of carbonyl (C=O) groups excluding carboxylic acids is 2. The van der Waals surface area contributed by atoms with E-state index < -0.39 is 23.6 Å². The van der Waals surface area contributed by atoms with Gasteiger partial charge in [0.15, 0.2) is 0 Å². The van der Waals surface area contributed by atoms with Crippen LogP contribution in [0.5, 0.6) is 0 Å². The van der Waals surface area contributed by atoms with Crippen molar-refractivity contribution in [3.63, 3.8) is 0 Å². The minimum Gasteiger partial charge on any atom is -0.465 e. The monoisotopic (exact) mass is 409 g/mol. The molecular formula is C21H22F3NO4. The summed E-state index contributed by atoms with van der Waals surface area (Å²) < 4.78 is 48.2. The highest BCUT2D eigenvalue weighted by Gasteiger charge is 2.30. The van der Waals surface area contributed by atoms with Crippen molar-refractivity contribution in [1.82, 2.24) is 4.90 Å². The zero-order valence-corrected chi connectivity index (χ0v) is 16.2. The van der Waals surface area contributed by atoms with Crippen LogP contribution < -0.4 is 0 Å². The second-order valence-electron chi connectivity index (χ2n) is 6.29. The van der Waals surface area contributed by atoms with Crippen LogP contribution in [0.4, 0.5) is 13.2 Å². The third-order valence-corrected chi connectivity index (χ3v) is 4.05. The van der Waals surface area contributed by atoms with Crippen LogP contribution in [0.2, 0.25) is 0 Å². The number of carbonyl (C=O) groups is 2. The first kappa shape index (κ1) is 22.4. The van der Waals surface area contributed by atoms with Crippen LogP contribution in [0.1, 0.15) is 34.0 Å². The minimum absolute atomic E-state index is 0.0374. The number of hydrogen-bond donors (Lipinski definition) is 0. The van der Waals surface area contributed by atoms with Crippen LogP contribution in [0.3, 0.4) is 0 Å². The standard InChI is InChI=1S/C21H22F3NO4/c1-3-29-19(26)13-25(12-15-7-9-18(10-8-15)21(22,23)24)20(27)17-6-4-5-16(11-17)14-28-2/h4-11H,3,12-14H2,1-2H3. The van der Waals surface area contributed by atoms with E-state index in [0.717, 1.165) is 17.7 Å². The smallest absolute Gasteiger partial charge is 0.416 e. The van der Waals surface area contributed by atoms with E-state index >= 15 is 0 Å². The molecule has 2 aromatic carbocycles. The third-order valence-electron chi connectivity index (χ3n) is 4.05. The Balaban J connectivity index is 2.25. The first-order valence-corrected chi connectivity index (χ1v) is 8.93. The van der Waals surface area contributed by atoms with Crippen LogP contribution in [0.25, 0.3) is 0 Å². The Hall–Kier alpha value is -2.87. The largest absolute Gasteiger partial charge is 0.465 e. The molecule has 0 unspecified atom stereocenters. The van der Waals surface area contributed by atoms with Gasteiger partial charge >= 0.3 is 12.1 Å². The molecule has 156 valence electrons. The number of hydrogen-bond acceptors (Lipinski definition) is 4. The Morgan fingerprint density at radius 3 is 2.31 bits per heavy atom. The van der Waals surface area contributed by atoms with E-state index in [0.29, 0.717) is 17.7 Å². The highest BCUT2D eigenvalue weighted by molar-refractivity contribution is 5.96. The molecule has 1 amide bonds. The van der Waals surface area contributed by atoms with Crippen molar-refractivity contribution >= 4 is 11.9 Å². The molecule has 29 heavy (non-hydrogen) atoms. The third kappa shape index (κ3) is 6.60. The number of esters is 1. The van der Waals surface area contributed by atoms with Crippen LogP contribution in [0.15, 0.2) is 48.5 Å². The van der Waals surface area contributed by atoms with Crippen LogP contribution in [-0.4, -0.2) is 37.0 Å². The number of rotatable bonds is 8. The molecule has 0 aliphatic heterocycles. The number of methoxy groups -OCH3 is 1. The molecule has 0 heterocycles. The maximum absolute atomic E-state index is 13.0. The molecule has 0 fully saturated rings. The van der Waals surface area contributed by atoms with Gasteiger partial charge < -0.3 is 14.4 Å². The van der Waals surface area contributed by atoms with E-state index in [4.69, 9.17) is 9.47 Å². The van der Waals surface area contributed by atoms with Gasteiger partial charge in [0.25, 0.3) is 5.91 Å². The first-order chi connectivity index (χ1) is 13.7. The zero-order chi connectivity index (χ0) is 21.4. The molecule has 0 atom stereocenters. The van der Waals surface area contributed by atoms with Gasteiger partial charge in [0.2, 0.25) is 0 Å². The summed E-state index contributed by atoms with van der Waals surface area (Å²) in [5.41, 5.74) is 0.806. The van der Waals surface area contributed by atoms with E-state index in [1.807, 2.05) is 0 Å². The van der Waals surface area contributed by atoms with Crippen molar-refractivity contribution in [2.75, 3.05) is 20.3 Å². The number of amides is 1. The lowest BCUT2D eigenvalue weighted by atomic mass is 10.1. The van der Waals surface area contributed by atoms with Gasteiger partial charge in [-0.3, -0.25) is 9.59 Å². The van der Waals surface area contributed by atoms with Crippen LogP contribution in [0, 0.1) is 0 Å². The highest BCUT2D eigenvalue weighted by atomic mass is 19.4. The Labute approximate surface area is 167 Å². The lowest BCUT2D eigenvalue weighted by Crippen LogP contribution is -2.36. The molecule has 2 aromatic rings. The summed E-state index contributed by atoms with van der Waals surface area (Å²) in [6.45, 7) is 1.77. The molecule has 0 bridgehead atoms. The van der Waals surface area contributed by atoms with Crippen molar-refractivity contribution in [3.8, 4) is 0 Å². The van der Waals surface area contributed by atoms with Gasteiger partial charge in [0.05, 0.1) is 18.8 Å². The lowest BCUT2D eigenvalue weighted by Gasteiger charge is -2.22. The van der Waals surface area contributed by atoms with Crippen molar-refractivity contribution in [2.45, 2.75) is 26.3 Å². The van der Waals surface area contributed by atoms with E-state index in [2.05, 4.69) is 0 Å². The highest BCUT2D eigenvalue weighted by Crippen LogP contribution is 2.29. The molecule has 0 N–H and O–H groups in total.